The summed E-state index contributed by atoms with van der Waals surface area (Å²) >= 11 is 0. The smallest absolute Gasteiger partial charge is 0.244 e. The number of carbonyl (C=O) groups excluding carboxylic acids is 1. The Morgan fingerprint density at radius 3 is 2.19 bits per heavy atom. The summed E-state index contributed by atoms with van der Waals surface area (Å²) in [5.41, 5.74) is 3.82. The lowest BCUT2D eigenvalue weighted by atomic mass is 9.93. The molecule has 1 unspecified atom stereocenters. The number of hydrogen-bond donors (Lipinski definition) is 0. The number of benzene rings is 3. The van der Waals surface area contributed by atoms with E-state index in [0.29, 0.717) is 31.0 Å². The highest BCUT2D eigenvalue weighted by atomic mass is 32.2. The summed E-state index contributed by atoms with van der Waals surface area (Å²) in [5.74, 6) is 0.439. The second-order valence-electron chi connectivity index (χ2n) is 8.98. The molecule has 0 bridgehead atoms. The predicted molar refractivity (Wildman–Crippen MR) is 132 cm³/mol. The van der Waals surface area contributed by atoms with Crippen LogP contribution in [0, 0.1) is 5.82 Å². The van der Waals surface area contributed by atoms with Crippen molar-refractivity contribution in [1.29, 1.82) is 0 Å². The van der Waals surface area contributed by atoms with E-state index in [1.54, 1.807) is 19.1 Å². The van der Waals surface area contributed by atoms with E-state index in [0.717, 1.165) is 34.4 Å². The van der Waals surface area contributed by atoms with Crippen LogP contribution in [-0.2, 0) is 40.7 Å². The summed E-state index contributed by atoms with van der Waals surface area (Å²) < 4.78 is 52.9. The molecule has 0 fully saturated rings. The van der Waals surface area contributed by atoms with Crippen LogP contribution in [0.1, 0.15) is 22.3 Å². The molecule has 9 heteroatoms. The largest absolute Gasteiger partial charge is 0.493 e. The molecule has 2 heterocycles. The highest BCUT2D eigenvalue weighted by Gasteiger charge is 2.41. The molecule has 1 atom stereocenters. The van der Waals surface area contributed by atoms with Crippen LogP contribution in [0.2, 0.25) is 0 Å². The van der Waals surface area contributed by atoms with Crippen molar-refractivity contribution in [1.82, 2.24) is 9.21 Å². The Kier molecular flexibility index (Phi) is 6.44. The van der Waals surface area contributed by atoms with Crippen LogP contribution in [0.3, 0.4) is 0 Å². The van der Waals surface area contributed by atoms with E-state index in [1.165, 1.54) is 16.4 Å². The summed E-state index contributed by atoms with van der Waals surface area (Å²) in [6.45, 7) is 0.878. The molecule has 0 saturated carbocycles. The Morgan fingerprint density at radius 1 is 0.889 bits per heavy atom. The fraction of sp³-hybridized carbons (Fsp3) is 0.296. The Labute approximate surface area is 210 Å². The molecule has 188 valence electrons. The zero-order valence-electron chi connectivity index (χ0n) is 20.1. The minimum atomic E-state index is -4.05. The van der Waals surface area contributed by atoms with Crippen molar-refractivity contribution >= 4 is 15.9 Å². The standard InChI is InChI=1S/C27H27FN2O5S/c1-34-25-14-19-11-12-29(16-21(19)15-26(25)35-2)27(31)24-13-18-5-3-4-6-20(18)17-30(24)36(32,33)23-9-7-22(28)8-10-23/h3-10,14-15,24H,11-13,16-17H2,1-2H3. The molecule has 1 amide bonds. The van der Waals surface area contributed by atoms with Gasteiger partial charge in [0.15, 0.2) is 11.5 Å². The molecule has 0 radical (unpaired) electrons. The number of amides is 1. The molecule has 0 spiro atoms. The van der Waals surface area contributed by atoms with Crippen LogP contribution in [0.25, 0.3) is 0 Å². The van der Waals surface area contributed by atoms with Gasteiger partial charge in [-0.2, -0.15) is 4.31 Å². The highest BCUT2D eigenvalue weighted by Crippen LogP contribution is 2.35. The summed E-state index contributed by atoms with van der Waals surface area (Å²) in [6.07, 6.45) is 0.889. The normalized spacial score (nSPS) is 17.8. The first-order valence-electron chi connectivity index (χ1n) is 11.7. The third kappa shape index (κ3) is 4.33. The second-order valence-corrected chi connectivity index (χ2v) is 10.9. The lowest BCUT2D eigenvalue weighted by Crippen LogP contribution is -2.54. The van der Waals surface area contributed by atoms with Gasteiger partial charge >= 0.3 is 0 Å². The van der Waals surface area contributed by atoms with Gasteiger partial charge in [0.25, 0.3) is 0 Å². The molecule has 5 rings (SSSR count). The molecule has 2 aliphatic rings. The Morgan fingerprint density at radius 2 is 1.53 bits per heavy atom. The Hall–Kier alpha value is -3.43. The van der Waals surface area contributed by atoms with Gasteiger partial charge in [-0.15, -0.1) is 0 Å². The van der Waals surface area contributed by atoms with E-state index >= 15 is 0 Å². The maximum atomic E-state index is 13.9. The Balaban J connectivity index is 1.49. The summed E-state index contributed by atoms with van der Waals surface area (Å²) in [5, 5.41) is 0. The zero-order chi connectivity index (χ0) is 25.4. The third-order valence-electron chi connectivity index (χ3n) is 6.94. The minimum Gasteiger partial charge on any atom is -0.493 e. The first-order valence-corrected chi connectivity index (χ1v) is 13.1. The number of sulfonamides is 1. The fourth-order valence-electron chi connectivity index (χ4n) is 4.99. The van der Waals surface area contributed by atoms with Gasteiger partial charge in [-0.3, -0.25) is 4.79 Å². The van der Waals surface area contributed by atoms with Crippen molar-refractivity contribution in [2.24, 2.45) is 0 Å². The van der Waals surface area contributed by atoms with Crippen molar-refractivity contribution in [3.8, 4) is 11.5 Å². The number of halogens is 1. The van der Waals surface area contributed by atoms with Crippen molar-refractivity contribution in [2.45, 2.75) is 36.9 Å². The molecule has 7 nitrogen and oxygen atoms in total. The monoisotopic (exact) mass is 510 g/mol. The van der Waals surface area contributed by atoms with E-state index in [-0.39, 0.29) is 23.8 Å². The molecule has 2 aliphatic heterocycles. The van der Waals surface area contributed by atoms with Gasteiger partial charge in [-0.1, -0.05) is 24.3 Å². The summed E-state index contributed by atoms with van der Waals surface area (Å²) in [4.78, 5) is 15.6. The van der Waals surface area contributed by atoms with E-state index in [9.17, 15) is 17.6 Å². The van der Waals surface area contributed by atoms with Gasteiger partial charge < -0.3 is 14.4 Å². The first-order chi connectivity index (χ1) is 17.3. The maximum absolute atomic E-state index is 13.9. The lowest BCUT2D eigenvalue weighted by molar-refractivity contribution is -0.136. The Bertz CT molecular complexity index is 1410. The average Bonchev–Trinajstić information content (AvgIpc) is 2.91. The van der Waals surface area contributed by atoms with Crippen LogP contribution < -0.4 is 9.47 Å². The van der Waals surface area contributed by atoms with Crippen molar-refractivity contribution < 1.29 is 27.1 Å². The third-order valence-corrected chi connectivity index (χ3v) is 8.81. The van der Waals surface area contributed by atoms with E-state index < -0.39 is 21.9 Å². The molecular formula is C27H27FN2O5S. The molecular weight excluding hydrogens is 483 g/mol. The van der Waals surface area contributed by atoms with Crippen LogP contribution in [0.15, 0.2) is 65.6 Å². The van der Waals surface area contributed by atoms with Crippen molar-refractivity contribution in [3.05, 3.63) is 88.7 Å². The number of hydrogen-bond acceptors (Lipinski definition) is 5. The van der Waals surface area contributed by atoms with Crippen molar-refractivity contribution in [2.75, 3.05) is 20.8 Å². The van der Waals surface area contributed by atoms with Crippen LogP contribution in [-0.4, -0.2) is 50.3 Å². The lowest BCUT2D eigenvalue weighted by Gasteiger charge is -2.39. The minimum absolute atomic E-state index is 0.0399. The first kappa shape index (κ1) is 24.3. The summed E-state index contributed by atoms with van der Waals surface area (Å²) in [6, 6.07) is 15.2. The van der Waals surface area contributed by atoms with Crippen LogP contribution >= 0.6 is 0 Å². The molecule has 0 aliphatic carbocycles. The fourth-order valence-corrected chi connectivity index (χ4v) is 6.55. The van der Waals surface area contributed by atoms with E-state index in [4.69, 9.17) is 9.47 Å². The van der Waals surface area contributed by atoms with Crippen molar-refractivity contribution in [3.63, 3.8) is 0 Å². The van der Waals surface area contributed by atoms with Gasteiger partial charge in [0.2, 0.25) is 15.9 Å². The van der Waals surface area contributed by atoms with Crippen LogP contribution in [0.5, 0.6) is 11.5 Å². The average molecular weight is 511 g/mol. The second kappa shape index (κ2) is 9.55. The SMILES string of the molecule is COc1cc2c(cc1OC)CN(C(=O)C1Cc3ccccc3CN1S(=O)(=O)c1ccc(F)cc1)CC2. The molecule has 3 aromatic rings. The number of nitrogens with zero attached hydrogens (tertiary/aromatic N) is 2. The van der Waals surface area contributed by atoms with Gasteiger partial charge in [-0.25, -0.2) is 12.8 Å². The molecule has 0 aromatic heterocycles. The topological polar surface area (TPSA) is 76.2 Å². The zero-order valence-corrected chi connectivity index (χ0v) is 20.9. The van der Waals surface area contributed by atoms with Gasteiger partial charge in [-0.05, 0) is 71.5 Å². The number of carbonyl (C=O) groups is 1. The van der Waals surface area contributed by atoms with Gasteiger partial charge in [0.1, 0.15) is 11.9 Å². The number of rotatable bonds is 5. The molecule has 3 aromatic carbocycles. The highest BCUT2D eigenvalue weighted by molar-refractivity contribution is 7.89. The van der Waals surface area contributed by atoms with E-state index in [2.05, 4.69) is 0 Å². The molecule has 0 N–H and O–H groups in total. The van der Waals surface area contributed by atoms with E-state index in [1.807, 2.05) is 36.4 Å². The maximum Gasteiger partial charge on any atom is 0.244 e. The summed E-state index contributed by atoms with van der Waals surface area (Å²) in [7, 11) is -0.905. The van der Waals surface area contributed by atoms with Gasteiger partial charge in [0.05, 0.1) is 19.1 Å². The molecule has 0 saturated heterocycles. The number of ether oxygens (including phenoxy) is 2. The van der Waals surface area contributed by atoms with Gasteiger partial charge in [0, 0.05) is 19.6 Å². The predicted octanol–water partition coefficient (Wildman–Crippen LogP) is 3.54. The number of methoxy groups -OCH3 is 2. The van der Waals surface area contributed by atoms with Crippen LogP contribution in [0.4, 0.5) is 4.39 Å². The molecule has 36 heavy (non-hydrogen) atoms. The number of fused-ring (bicyclic) bond motifs is 2. The quantitative estimate of drug-likeness (QED) is 0.525.